The summed E-state index contributed by atoms with van der Waals surface area (Å²) in [4.78, 5) is 16.0. The van der Waals surface area contributed by atoms with Gasteiger partial charge in [-0.1, -0.05) is 6.42 Å². The molecular formula is C15H22N2OS. The number of fused-ring (bicyclic) bond motifs is 1. The van der Waals surface area contributed by atoms with Gasteiger partial charge < -0.3 is 10.6 Å². The normalized spacial score (nSPS) is 30.4. The van der Waals surface area contributed by atoms with Gasteiger partial charge in [0.05, 0.1) is 6.04 Å². The third-order valence-electron chi connectivity index (χ3n) is 4.75. The fourth-order valence-electron chi connectivity index (χ4n) is 3.51. The van der Waals surface area contributed by atoms with E-state index in [4.69, 9.17) is 5.73 Å². The molecule has 1 amide bonds. The molecule has 1 saturated carbocycles. The Bertz CT molecular complexity index is 470. The quantitative estimate of drug-likeness (QED) is 0.904. The van der Waals surface area contributed by atoms with Crippen molar-refractivity contribution in [1.29, 1.82) is 0 Å². The van der Waals surface area contributed by atoms with Crippen LogP contribution in [0.1, 0.15) is 49.1 Å². The molecule has 19 heavy (non-hydrogen) atoms. The van der Waals surface area contributed by atoms with E-state index in [0.29, 0.717) is 18.2 Å². The average molecular weight is 278 g/mol. The van der Waals surface area contributed by atoms with Crippen LogP contribution in [0.4, 0.5) is 0 Å². The van der Waals surface area contributed by atoms with Crippen molar-refractivity contribution in [3.63, 3.8) is 0 Å². The Hall–Kier alpha value is -0.870. The molecule has 1 fully saturated rings. The Labute approximate surface area is 118 Å². The number of hydrogen-bond acceptors (Lipinski definition) is 3. The van der Waals surface area contributed by atoms with Crippen molar-refractivity contribution in [1.82, 2.24) is 4.90 Å². The molecule has 1 unspecified atom stereocenters. The van der Waals surface area contributed by atoms with Gasteiger partial charge in [-0.15, -0.1) is 11.3 Å². The summed E-state index contributed by atoms with van der Waals surface area (Å²) in [6.07, 6.45) is 5.05. The van der Waals surface area contributed by atoms with E-state index in [0.717, 1.165) is 25.8 Å². The maximum atomic E-state index is 12.5. The van der Waals surface area contributed by atoms with E-state index >= 15 is 0 Å². The highest BCUT2D eigenvalue weighted by atomic mass is 32.1. The molecule has 0 saturated heterocycles. The van der Waals surface area contributed by atoms with E-state index in [1.54, 1.807) is 0 Å². The Balaban J connectivity index is 1.68. The van der Waals surface area contributed by atoms with E-state index in [2.05, 4.69) is 23.3 Å². The van der Waals surface area contributed by atoms with Crippen LogP contribution >= 0.6 is 11.3 Å². The number of hydrogen-bond donors (Lipinski definition) is 1. The van der Waals surface area contributed by atoms with Gasteiger partial charge in [-0.3, -0.25) is 4.79 Å². The van der Waals surface area contributed by atoms with Gasteiger partial charge in [0.15, 0.2) is 0 Å². The second-order valence-electron chi connectivity index (χ2n) is 5.87. The summed E-state index contributed by atoms with van der Waals surface area (Å²) in [5.74, 6) is 0.704. The van der Waals surface area contributed by atoms with E-state index in [9.17, 15) is 4.79 Å². The average Bonchev–Trinajstić information content (AvgIpc) is 3.00. The van der Waals surface area contributed by atoms with Gasteiger partial charge in [0, 0.05) is 23.9 Å². The lowest BCUT2D eigenvalue weighted by Gasteiger charge is -2.34. The molecule has 2 aliphatic rings. The van der Waals surface area contributed by atoms with Crippen LogP contribution in [0.5, 0.6) is 0 Å². The highest BCUT2D eigenvalue weighted by Crippen LogP contribution is 2.34. The smallest absolute Gasteiger partial charge is 0.223 e. The molecule has 0 bridgehead atoms. The molecule has 2 N–H and O–H groups in total. The van der Waals surface area contributed by atoms with Crippen molar-refractivity contribution >= 4 is 17.2 Å². The monoisotopic (exact) mass is 278 g/mol. The fourth-order valence-corrected chi connectivity index (χ4v) is 4.47. The third-order valence-corrected chi connectivity index (χ3v) is 5.75. The molecule has 1 aromatic heterocycles. The van der Waals surface area contributed by atoms with Gasteiger partial charge in [-0.2, -0.15) is 0 Å². The molecule has 2 heterocycles. The first-order valence-electron chi connectivity index (χ1n) is 7.28. The number of rotatable bonds is 2. The number of nitrogens with zero attached hydrogens (tertiary/aromatic N) is 1. The maximum Gasteiger partial charge on any atom is 0.223 e. The van der Waals surface area contributed by atoms with Crippen LogP contribution < -0.4 is 5.73 Å². The zero-order valence-electron chi connectivity index (χ0n) is 11.5. The molecule has 104 valence electrons. The predicted molar refractivity (Wildman–Crippen MR) is 78.1 cm³/mol. The first-order chi connectivity index (χ1) is 9.16. The zero-order valence-corrected chi connectivity index (χ0v) is 12.3. The summed E-state index contributed by atoms with van der Waals surface area (Å²) < 4.78 is 0. The Kier molecular flexibility index (Phi) is 3.63. The predicted octanol–water partition coefficient (Wildman–Crippen LogP) is 2.71. The number of carbonyl (C=O) groups is 1. The molecule has 3 rings (SSSR count). The molecule has 0 spiro atoms. The molecule has 4 heteroatoms. The highest BCUT2D eigenvalue weighted by Gasteiger charge is 2.32. The van der Waals surface area contributed by atoms with Crippen molar-refractivity contribution in [3.8, 4) is 0 Å². The number of carbonyl (C=O) groups excluding carboxylic acids is 1. The van der Waals surface area contributed by atoms with Crippen LogP contribution in [-0.2, 0) is 11.2 Å². The first-order valence-corrected chi connectivity index (χ1v) is 8.16. The summed E-state index contributed by atoms with van der Waals surface area (Å²) in [5, 5.41) is 2.14. The highest BCUT2D eigenvalue weighted by molar-refractivity contribution is 7.10. The SMILES string of the molecule is CC1c2ccsc2CCN1C(=O)C[C@@H]1CCC[C@H]1N. The summed E-state index contributed by atoms with van der Waals surface area (Å²) in [5.41, 5.74) is 7.43. The van der Waals surface area contributed by atoms with Gasteiger partial charge in [-0.05, 0) is 49.1 Å². The summed E-state index contributed by atoms with van der Waals surface area (Å²) >= 11 is 1.82. The van der Waals surface area contributed by atoms with Crippen molar-refractivity contribution in [3.05, 3.63) is 21.9 Å². The van der Waals surface area contributed by atoms with Crippen LogP contribution in [0.2, 0.25) is 0 Å². The Morgan fingerprint density at radius 2 is 2.37 bits per heavy atom. The first kappa shape index (κ1) is 13.1. The fraction of sp³-hybridized carbons (Fsp3) is 0.667. The standard InChI is InChI=1S/C15H22N2OS/c1-10-12-6-8-19-14(12)5-7-17(10)15(18)9-11-3-2-4-13(11)16/h6,8,10-11,13H,2-5,7,9,16H2,1H3/t10?,11-,13+/m0/s1. The largest absolute Gasteiger partial charge is 0.336 e. The molecule has 3 atom stereocenters. The van der Waals surface area contributed by atoms with Gasteiger partial charge in [0.2, 0.25) is 5.91 Å². The Morgan fingerprint density at radius 1 is 1.53 bits per heavy atom. The van der Waals surface area contributed by atoms with Crippen LogP contribution in [0, 0.1) is 5.92 Å². The number of amides is 1. The van der Waals surface area contributed by atoms with Crippen molar-refractivity contribution in [2.75, 3.05) is 6.54 Å². The van der Waals surface area contributed by atoms with Crippen LogP contribution in [0.3, 0.4) is 0 Å². The van der Waals surface area contributed by atoms with Crippen molar-refractivity contribution in [2.45, 2.75) is 51.1 Å². The van der Waals surface area contributed by atoms with Gasteiger partial charge in [0.25, 0.3) is 0 Å². The minimum absolute atomic E-state index is 0.236. The minimum atomic E-state index is 0.236. The van der Waals surface area contributed by atoms with Gasteiger partial charge in [-0.25, -0.2) is 0 Å². The van der Waals surface area contributed by atoms with Crippen molar-refractivity contribution in [2.24, 2.45) is 11.7 Å². The van der Waals surface area contributed by atoms with E-state index in [-0.39, 0.29) is 12.1 Å². The van der Waals surface area contributed by atoms with Crippen LogP contribution in [0.15, 0.2) is 11.4 Å². The molecule has 1 aliphatic carbocycles. The van der Waals surface area contributed by atoms with Crippen LogP contribution in [-0.4, -0.2) is 23.4 Å². The molecule has 1 aliphatic heterocycles. The number of nitrogens with two attached hydrogens (primary N) is 1. The van der Waals surface area contributed by atoms with E-state index in [1.165, 1.54) is 16.9 Å². The Morgan fingerprint density at radius 3 is 3.11 bits per heavy atom. The van der Waals surface area contributed by atoms with Crippen molar-refractivity contribution < 1.29 is 4.79 Å². The summed E-state index contributed by atoms with van der Waals surface area (Å²) in [6, 6.07) is 2.65. The maximum absolute atomic E-state index is 12.5. The van der Waals surface area contributed by atoms with Crippen LogP contribution in [0.25, 0.3) is 0 Å². The lowest BCUT2D eigenvalue weighted by Crippen LogP contribution is -2.40. The second-order valence-corrected chi connectivity index (χ2v) is 6.87. The van der Waals surface area contributed by atoms with Gasteiger partial charge >= 0.3 is 0 Å². The van der Waals surface area contributed by atoms with E-state index in [1.807, 2.05) is 11.3 Å². The minimum Gasteiger partial charge on any atom is -0.336 e. The topological polar surface area (TPSA) is 46.3 Å². The lowest BCUT2D eigenvalue weighted by molar-refractivity contribution is -0.134. The molecule has 0 aromatic carbocycles. The summed E-state index contributed by atoms with van der Waals surface area (Å²) in [7, 11) is 0. The lowest BCUT2D eigenvalue weighted by atomic mass is 9.96. The zero-order chi connectivity index (χ0) is 13.4. The molecule has 1 aromatic rings. The number of thiophene rings is 1. The van der Waals surface area contributed by atoms with E-state index < -0.39 is 0 Å². The van der Waals surface area contributed by atoms with Gasteiger partial charge in [0.1, 0.15) is 0 Å². The molecule has 3 nitrogen and oxygen atoms in total. The summed E-state index contributed by atoms with van der Waals surface area (Å²) in [6.45, 7) is 3.02. The third kappa shape index (κ3) is 2.43. The second kappa shape index (κ2) is 5.25. The molecular weight excluding hydrogens is 256 g/mol. The molecule has 0 radical (unpaired) electrons.